The fourth-order valence-electron chi connectivity index (χ4n) is 0.345. The average molecular weight is 128 g/mol. The highest BCUT2D eigenvalue weighted by atomic mass is 15.2. The maximum atomic E-state index is 3.83. The second-order valence-corrected chi connectivity index (χ2v) is 1.18. The van der Waals surface area contributed by atoms with E-state index >= 15 is 0 Å². The van der Waals surface area contributed by atoms with Crippen LogP contribution < -0.4 is 0 Å². The number of hydrogen-bond acceptors (Lipinski definition) is 1. The molecule has 0 aliphatic rings. The van der Waals surface area contributed by atoms with E-state index in [1.165, 1.54) is 0 Å². The highest BCUT2D eigenvalue weighted by molar-refractivity contribution is 4.75. The highest BCUT2D eigenvalue weighted by Crippen LogP contribution is 1.73. The van der Waals surface area contributed by atoms with Gasteiger partial charge in [-0.1, -0.05) is 21.3 Å². The molecule has 0 atom stereocenters. The molecule has 1 heterocycles. The SMILES string of the molecule is C.CC.Cn1cccn1. The third-order valence-corrected chi connectivity index (χ3v) is 0.637. The zero-order chi connectivity index (χ0) is 6.41. The maximum absolute atomic E-state index is 3.83. The lowest BCUT2D eigenvalue weighted by molar-refractivity contribution is 0.768. The standard InChI is InChI=1S/C4H6N2.C2H6.CH4/c1-6-4-2-3-5-6;1-2;/h2-4H,1H3;1-2H3;1H4. The summed E-state index contributed by atoms with van der Waals surface area (Å²) >= 11 is 0. The molecule has 0 amide bonds. The summed E-state index contributed by atoms with van der Waals surface area (Å²) in [6.07, 6.45) is 3.64. The van der Waals surface area contributed by atoms with Crippen LogP contribution in [0.15, 0.2) is 18.5 Å². The van der Waals surface area contributed by atoms with Gasteiger partial charge in [0.05, 0.1) is 0 Å². The van der Waals surface area contributed by atoms with Gasteiger partial charge in [-0.25, -0.2) is 0 Å². The van der Waals surface area contributed by atoms with E-state index in [1.54, 1.807) is 10.9 Å². The quantitative estimate of drug-likeness (QED) is 0.523. The van der Waals surface area contributed by atoms with Crippen LogP contribution in [0.4, 0.5) is 0 Å². The molecule has 0 spiro atoms. The van der Waals surface area contributed by atoms with E-state index in [0.717, 1.165) is 0 Å². The molecule has 0 aromatic carbocycles. The first-order valence-corrected chi connectivity index (χ1v) is 2.83. The van der Waals surface area contributed by atoms with E-state index in [2.05, 4.69) is 5.10 Å². The lowest BCUT2D eigenvalue weighted by atomic mass is 10.8. The van der Waals surface area contributed by atoms with Crippen molar-refractivity contribution in [3.8, 4) is 0 Å². The Bertz CT molecular complexity index is 110. The van der Waals surface area contributed by atoms with Crippen molar-refractivity contribution in [2.75, 3.05) is 0 Å². The van der Waals surface area contributed by atoms with Crippen LogP contribution in [0.2, 0.25) is 0 Å². The van der Waals surface area contributed by atoms with Crippen LogP contribution >= 0.6 is 0 Å². The molecule has 1 aromatic heterocycles. The van der Waals surface area contributed by atoms with Gasteiger partial charge in [-0.15, -0.1) is 0 Å². The summed E-state index contributed by atoms with van der Waals surface area (Å²) in [5.74, 6) is 0. The molecule has 2 heteroatoms. The molecular weight excluding hydrogens is 112 g/mol. The van der Waals surface area contributed by atoms with Gasteiger partial charge in [0, 0.05) is 19.4 Å². The van der Waals surface area contributed by atoms with Crippen LogP contribution in [0.25, 0.3) is 0 Å². The first kappa shape index (κ1) is 11.1. The third kappa shape index (κ3) is 5.07. The number of aryl methyl sites for hydroxylation is 1. The molecular formula is C7H16N2. The monoisotopic (exact) mass is 128 g/mol. The minimum absolute atomic E-state index is 0. The van der Waals surface area contributed by atoms with Crippen LogP contribution in [-0.4, -0.2) is 9.78 Å². The van der Waals surface area contributed by atoms with E-state index in [9.17, 15) is 0 Å². The van der Waals surface area contributed by atoms with Crippen molar-refractivity contribution in [1.82, 2.24) is 9.78 Å². The molecule has 0 saturated heterocycles. The molecule has 0 fully saturated rings. The molecule has 1 rings (SSSR count). The molecule has 0 N–H and O–H groups in total. The predicted molar refractivity (Wildman–Crippen MR) is 41.3 cm³/mol. The molecule has 9 heavy (non-hydrogen) atoms. The van der Waals surface area contributed by atoms with Gasteiger partial charge in [0.25, 0.3) is 0 Å². The molecule has 0 radical (unpaired) electrons. The van der Waals surface area contributed by atoms with Crippen LogP contribution in [-0.2, 0) is 7.05 Å². The van der Waals surface area contributed by atoms with Gasteiger partial charge in [-0.05, 0) is 6.07 Å². The Morgan fingerprint density at radius 1 is 1.33 bits per heavy atom. The molecule has 2 nitrogen and oxygen atoms in total. The second kappa shape index (κ2) is 7.21. The van der Waals surface area contributed by atoms with Crippen molar-refractivity contribution in [3.63, 3.8) is 0 Å². The predicted octanol–water partition coefficient (Wildman–Crippen LogP) is 2.08. The molecule has 54 valence electrons. The molecule has 1 aromatic rings. The van der Waals surface area contributed by atoms with Crippen LogP contribution in [0.5, 0.6) is 0 Å². The van der Waals surface area contributed by atoms with Crippen molar-refractivity contribution in [1.29, 1.82) is 0 Å². The van der Waals surface area contributed by atoms with Crippen molar-refractivity contribution in [2.45, 2.75) is 21.3 Å². The molecule has 0 aliphatic heterocycles. The number of rotatable bonds is 0. The van der Waals surface area contributed by atoms with E-state index in [-0.39, 0.29) is 7.43 Å². The minimum Gasteiger partial charge on any atom is -0.276 e. The van der Waals surface area contributed by atoms with Gasteiger partial charge in [0.1, 0.15) is 0 Å². The Labute approximate surface area is 57.5 Å². The first-order valence-electron chi connectivity index (χ1n) is 2.83. The molecule has 0 saturated carbocycles. The second-order valence-electron chi connectivity index (χ2n) is 1.18. The highest BCUT2D eigenvalue weighted by Gasteiger charge is 1.69. The molecule has 0 bridgehead atoms. The lowest BCUT2D eigenvalue weighted by Crippen LogP contribution is -1.83. The van der Waals surface area contributed by atoms with E-state index in [1.807, 2.05) is 33.2 Å². The maximum Gasteiger partial charge on any atom is 0.0489 e. The molecule has 0 aliphatic carbocycles. The minimum atomic E-state index is 0. The summed E-state index contributed by atoms with van der Waals surface area (Å²) in [7, 11) is 1.89. The van der Waals surface area contributed by atoms with Gasteiger partial charge in [-0.3, -0.25) is 4.68 Å². The third-order valence-electron chi connectivity index (χ3n) is 0.637. The van der Waals surface area contributed by atoms with Gasteiger partial charge in [0.15, 0.2) is 0 Å². The summed E-state index contributed by atoms with van der Waals surface area (Å²) in [6, 6.07) is 1.89. The van der Waals surface area contributed by atoms with Crippen molar-refractivity contribution >= 4 is 0 Å². The summed E-state index contributed by atoms with van der Waals surface area (Å²) in [5.41, 5.74) is 0. The van der Waals surface area contributed by atoms with E-state index in [4.69, 9.17) is 0 Å². The summed E-state index contributed by atoms with van der Waals surface area (Å²) in [6.45, 7) is 4.00. The zero-order valence-electron chi connectivity index (χ0n) is 5.63. The number of hydrogen-bond donors (Lipinski definition) is 0. The van der Waals surface area contributed by atoms with Crippen molar-refractivity contribution < 1.29 is 0 Å². The largest absolute Gasteiger partial charge is 0.276 e. The Kier molecular flexibility index (Phi) is 8.87. The zero-order valence-corrected chi connectivity index (χ0v) is 5.63. The number of nitrogens with zero attached hydrogens (tertiary/aromatic N) is 2. The van der Waals surface area contributed by atoms with Gasteiger partial charge in [0.2, 0.25) is 0 Å². The van der Waals surface area contributed by atoms with Gasteiger partial charge < -0.3 is 0 Å². The lowest BCUT2D eigenvalue weighted by Gasteiger charge is -1.77. The van der Waals surface area contributed by atoms with Crippen molar-refractivity contribution in [2.24, 2.45) is 7.05 Å². The van der Waals surface area contributed by atoms with E-state index < -0.39 is 0 Å². The van der Waals surface area contributed by atoms with Gasteiger partial charge >= 0.3 is 0 Å². The number of aromatic nitrogens is 2. The van der Waals surface area contributed by atoms with Crippen LogP contribution in [0.3, 0.4) is 0 Å². The van der Waals surface area contributed by atoms with Gasteiger partial charge in [-0.2, -0.15) is 5.10 Å². The average Bonchev–Trinajstić information content (AvgIpc) is 2.24. The van der Waals surface area contributed by atoms with Crippen LogP contribution in [0, 0.1) is 0 Å². The Morgan fingerprint density at radius 3 is 2.00 bits per heavy atom. The smallest absolute Gasteiger partial charge is 0.0489 e. The van der Waals surface area contributed by atoms with E-state index in [0.29, 0.717) is 0 Å². The Hall–Kier alpha value is -0.790. The fourth-order valence-corrected chi connectivity index (χ4v) is 0.345. The Morgan fingerprint density at radius 2 is 1.89 bits per heavy atom. The summed E-state index contributed by atoms with van der Waals surface area (Å²) in [4.78, 5) is 0. The molecule has 0 unspecified atom stereocenters. The van der Waals surface area contributed by atoms with Crippen LogP contribution in [0.1, 0.15) is 21.3 Å². The first-order chi connectivity index (χ1) is 3.89. The van der Waals surface area contributed by atoms with Crippen molar-refractivity contribution in [3.05, 3.63) is 18.5 Å². The Balaban J connectivity index is 0. The topological polar surface area (TPSA) is 17.8 Å². The normalized spacial score (nSPS) is 6.56. The summed E-state index contributed by atoms with van der Waals surface area (Å²) < 4.78 is 1.75. The fraction of sp³-hybridized carbons (Fsp3) is 0.571. The summed E-state index contributed by atoms with van der Waals surface area (Å²) in [5, 5.41) is 3.83.